The summed E-state index contributed by atoms with van der Waals surface area (Å²) in [5, 5.41) is 0. The van der Waals surface area contributed by atoms with Gasteiger partial charge in [-0.05, 0) is 29.8 Å². The molecule has 0 aliphatic carbocycles. The predicted octanol–water partition coefficient (Wildman–Crippen LogP) is 3.88. The number of methoxy groups -OCH3 is 1. The highest BCUT2D eigenvalue weighted by molar-refractivity contribution is 5.50. The zero-order chi connectivity index (χ0) is 15.5. The molecule has 0 saturated heterocycles. The van der Waals surface area contributed by atoms with Crippen LogP contribution in [0, 0.1) is 0 Å². The summed E-state index contributed by atoms with van der Waals surface area (Å²) in [6, 6.07) is 10.6. The minimum Gasteiger partial charge on any atom is -0.497 e. The SMILES string of the molecule is COc1cccc(OCc2ccc(N)c(C(F)(F)F)c2)c1. The molecule has 2 aromatic rings. The summed E-state index contributed by atoms with van der Waals surface area (Å²) in [5.74, 6) is 1.13. The predicted molar refractivity (Wildman–Crippen MR) is 73.2 cm³/mol. The highest BCUT2D eigenvalue weighted by Gasteiger charge is 2.33. The smallest absolute Gasteiger partial charge is 0.418 e. The Bertz CT molecular complexity index is 627. The van der Waals surface area contributed by atoms with E-state index in [4.69, 9.17) is 15.2 Å². The van der Waals surface area contributed by atoms with Gasteiger partial charge in [0.1, 0.15) is 18.1 Å². The van der Waals surface area contributed by atoms with Crippen molar-refractivity contribution >= 4 is 5.69 Å². The van der Waals surface area contributed by atoms with Gasteiger partial charge < -0.3 is 15.2 Å². The zero-order valence-electron chi connectivity index (χ0n) is 11.3. The molecular weight excluding hydrogens is 283 g/mol. The first kappa shape index (κ1) is 15.0. The van der Waals surface area contributed by atoms with Crippen LogP contribution in [0.3, 0.4) is 0 Å². The van der Waals surface area contributed by atoms with Gasteiger partial charge in [0.15, 0.2) is 0 Å². The molecule has 0 aliphatic rings. The van der Waals surface area contributed by atoms with Crippen LogP contribution < -0.4 is 15.2 Å². The number of nitrogens with two attached hydrogens (primary N) is 1. The minimum absolute atomic E-state index is 0.0104. The first-order valence-electron chi connectivity index (χ1n) is 6.12. The van der Waals surface area contributed by atoms with E-state index in [-0.39, 0.29) is 12.3 Å². The van der Waals surface area contributed by atoms with E-state index in [1.165, 1.54) is 19.2 Å². The van der Waals surface area contributed by atoms with Crippen molar-refractivity contribution in [3.05, 3.63) is 53.6 Å². The van der Waals surface area contributed by atoms with Gasteiger partial charge in [0.05, 0.1) is 12.7 Å². The van der Waals surface area contributed by atoms with Crippen LogP contribution in [0.2, 0.25) is 0 Å². The van der Waals surface area contributed by atoms with Crippen molar-refractivity contribution in [2.24, 2.45) is 0 Å². The van der Waals surface area contributed by atoms with E-state index < -0.39 is 11.7 Å². The lowest BCUT2D eigenvalue weighted by Gasteiger charge is -2.12. The number of ether oxygens (including phenoxy) is 2. The van der Waals surface area contributed by atoms with E-state index in [2.05, 4.69) is 0 Å². The third-order valence-electron chi connectivity index (χ3n) is 2.87. The second-order valence-electron chi connectivity index (χ2n) is 4.39. The van der Waals surface area contributed by atoms with Crippen LogP contribution in [-0.2, 0) is 12.8 Å². The van der Waals surface area contributed by atoms with Crippen molar-refractivity contribution in [1.29, 1.82) is 0 Å². The van der Waals surface area contributed by atoms with Crippen LogP contribution in [0.25, 0.3) is 0 Å². The molecule has 0 atom stereocenters. The van der Waals surface area contributed by atoms with Gasteiger partial charge in [-0.15, -0.1) is 0 Å². The second-order valence-corrected chi connectivity index (χ2v) is 4.39. The summed E-state index contributed by atoms with van der Waals surface area (Å²) < 4.78 is 48.8. The monoisotopic (exact) mass is 297 g/mol. The van der Waals surface area contributed by atoms with Crippen LogP contribution >= 0.6 is 0 Å². The molecule has 21 heavy (non-hydrogen) atoms. The summed E-state index contributed by atoms with van der Waals surface area (Å²) in [6.45, 7) is 0.0104. The Hall–Kier alpha value is -2.37. The summed E-state index contributed by atoms with van der Waals surface area (Å²) in [6.07, 6.45) is -4.48. The molecule has 0 fully saturated rings. The van der Waals surface area contributed by atoms with Crippen LogP contribution in [0.1, 0.15) is 11.1 Å². The molecule has 112 valence electrons. The fourth-order valence-electron chi connectivity index (χ4n) is 1.80. The van der Waals surface area contributed by atoms with Gasteiger partial charge in [0.2, 0.25) is 0 Å². The maximum atomic E-state index is 12.8. The molecule has 0 bridgehead atoms. The van der Waals surface area contributed by atoms with Crippen LogP contribution in [0.15, 0.2) is 42.5 Å². The van der Waals surface area contributed by atoms with E-state index in [0.29, 0.717) is 17.1 Å². The number of nitrogen functional groups attached to an aromatic ring is 1. The fourth-order valence-corrected chi connectivity index (χ4v) is 1.80. The molecule has 0 amide bonds. The first-order valence-corrected chi connectivity index (χ1v) is 6.12. The topological polar surface area (TPSA) is 44.5 Å². The van der Waals surface area contributed by atoms with Gasteiger partial charge in [-0.2, -0.15) is 13.2 Å². The fraction of sp³-hybridized carbons (Fsp3) is 0.200. The Balaban J connectivity index is 2.13. The summed E-state index contributed by atoms with van der Waals surface area (Å²) >= 11 is 0. The number of anilines is 1. The normalized spacial score (nSPS) is 11.2. The number of rotatable bonds is 4. The van der Waals surface area contributed by atoms with E-state index in [9.17, 15) is 13.2 Å². The van der Waals surface area contributed by atoms with Gasteiger partial charge >= 0.3 is 6.18 Å². The maximum Gasteiger partial charge on any atom is 0.418 e. The van der Waals surface area contributed by atoms with Gasteiger partial charge in [-0.1, -0.05) is 12.1 Å². The lowest BCUT2D eigenvalue weighted by Crippen LogP contribution is -2.10. The van der Waals surface area contributed by atoms with Crippen molar-refractivity contribution in [2.75, 3.05) is 12.8 Å². The number of hydrogen-bond acceptors (Lipinski definition) is 3. The number of hydrogen-bond donors (Lipinski definition) is 1. The third-order valence-corrected chi connectivity index (χ3v) is 2.87. The average Bonchev–Trinajstić information content (AvgIpc) is 2.45. The molecule has 2 N–H and O–H groups in total. The summed E-state index contributed by atoms with van der Waals surface area (Å²) in [7, 11) is 1.52. The van der Waals surface area contributed by atoms with Gasteiger partial charge in [-0.25, -0.2) is 0 Å². The highest BCUT2D eigenvalue weighted by atomic mass is 19.4. The van der Waals surface area contributed by atoms with Crippen molar-refractivity contribution in [2.45, 2.75) is 12.8 Å². The standard InChI is InChI=1S/C15H14F3NO2/c1-20-11-3-2-4-12(8-11)21-9-10-5-6-14(19)13(7-10)15(16,17)18/h2-8H,9,19H2,1H3. The summed E-state index contributed by atoms with van der Waals surface area (Å²) in [4.78, 5) is 0. The zero-order valence-corrected chi connectivity index (χ0v) is 11.3. The van der Waals surface area contributed by atoms with E-state index in [1.54, 1.807) is 24.3 Å². The number of alkyl halides is 3. The first-order chi connectivity index (χ1) is 9.90. The lowest BCUT2D eigenvalue weighted by molar-refractivity contribution is -0.137. The Morgan fingerprint density at radius 1 is 1.05 bits per heavy atom. The molecule has 6 heteroatoms. The Morgan fingerprint density at radius 2 is 1.76 bits per heavy atom. The lowest BCUT2D eigenvalue weighted by atomic mass is 10.1. The molecule has 0 unspecified atom stereocenters. The average molecular weight is 297 g/mol. The van der Waals surface area contributed by atoms with Gasteiger partial charge in [0.25, 0.3) is 0 Å². The van der Waals surface area contributed by atoms with Crippen molar-refractivity contribution in [1.82, 2.24) is 0 Å². The van der Waals surface area contributed by atoms with Gasteiger partial charge in [0, 0.05) is 11.8 Å². The Kier molecular flexibility index (Phi) is 4.26. The van der Waals surface area contributed by atoms with Crippen molar-refractivity contribution < 1.29 is 22.6 Å². The molecule has 0 heterocycles. The molecule has 2 aromatic carbocycles. The number of benzene rings is 2. The molecule has 3 nitrogen and oxygen atoms in total. The molecule has 0 aliphatic heterocycles. The maximum absolute atomic E-state index is 12.8. The van der Waals surface area contributed by atoms with E-state index >= 15 is 0 Å². The van der Waals surface area contributed by atoms with E-state index in [1.807, 2.05) is 0 Å². The minimum atomic E-state index is -4.48. The molecule has 2 rings (SSSR count). The molecule has 0 spiro atoms. The third kappa shape index (κ3) is 3.81. The quantitative estimate of drug-likeness (QED) is 0.871. The van der Waals surface area contributed by atoms with Crippen LogP contribution in [-0.4, -0.2) is 7.11 Å². The molecular formula is C15H14F3NO2. The molecule has 0 radical (unpaired) electrons. The highest BCUT2D eigenvalue weighted by Crippen LogP contribution is 2.34. The van der Waals surface area contributed by atoms with Crippen molar-refractivity contribution in [3.63, 3.8) is 0 Å². The van der Waals surface area contributed by atoms with Crippen LogP contribution in [0.5, 0.6) is 11.5 Å². The van der Waals surface area contributed by atoms with E-state index in [0.717, 1.165) is 6.07 Å². The van der Waals surface area contributed by atoms with Crippen molar-refractivity contribution in [3.8, 4) is 11.5 Å². The molecule has 0 aromatic heterocycles. The molecule has 0 saturated carbocycles. The Labute approximate surface area is 120 Å². The van der Waals surface area contributed by atoms with Crippen LogP contribution in [0.4, 0.5) is 18.9 Å². The van der Waals surface area contributed by atoms with Gasteiger partial charge in [-0.3, -0.25) is 0 Å². The largest absolute Gasteiger partial charge is 0.497 e. The Morgan fingerprint density at radius 3 is 2.43 bits per heavy atom. The number of halogens is 3. The second kappa shape index (κ2) is 5.95. The summed E-state index contributed by atoms with van der Waals surface area (Å²) in [5.41, 5.74) is 4.58.